The smallest absolute Gasteiger partial charge is 0.305 e. The Bertz CT molecular complexity index is 1990. The molecule has 2 bridgehead atoms. The van der Waals surface area contributed by atoms with Crippen molar-refractivity contribution in [2.24, 2.45) is 29.6 Å². The van der Waals surface area contributed by atoms with Gasteiger partial charge in [-0.25, -0.2) is 0 Å². The summed E-state index contributed by atoms with van der Waals surface area (Å²) in [6.45, 7) is 1.73. The van der Waals surface area contributed by atoms with Crippen molar-refractivity contribution < 1.29 is 23.9 Å². The minimum atomic E-state index is -0.437. The van der Waals surface area contributed by atoms with Gasteiger partial charge in [0, 0.05) is 31.8 Å². The molecule has 8 rings (SSSR count). The summed E-state index contributed by atoms with van der Waals surface area (Å²) in [5, 5.41) is 3.75. The van der Waals surface area contributed by atoms with Crippen molar-refractivity contribution >= 4 is 68.1 Å². The fraction of sp³-hybridized carbons (Fsp3) is 0.314. The molecular weight excluding hydrogens is 702 g/mol. The fourth-order valence-corrected chi connectivity index (χ4v) is 11.5. The molecule has 3 heterocycles. The standard InChI is InChI=1S/C35H30BrN3O6S2/c1-16-5-3-4-6-23(16)37-25(40)15-45-24-12-7-17(36)13-20(24)26-27-21-14-22(30(27)46-32-31(26)47-35(43)38-32)29-28(21)33(41)39(34(29)42)18-8-10-19(44-2)11-9-18/h3-13,21-22,26-30H,14-15H2,1-2H3,(H,37,40)(H,38,43)/t21-,22-,26-,27?,28?,29?,30?/m1/s1. The highest BCUT2D eigenvalue weighted by Crippen LogP contribution is 2.69. The Hall–Kier alpha value is -3.87. The van der Waals surface area contributed by atoms with Crippen molar-refractivity contribution in [1.82, 2.24) is 4.98 Å². The lowest BCUT2D eigenvalue weighted by atomic mass is 9.68. The number of para-hydroxylation sites is 1. The van der Waals surface area contributed by atoms with Crippen molar-refractivity contribution in [3.63, 3.8) is 0 Å². The highest BCUT2D eigenvalue weighted by atomic mass is 79.9. The molecule has 0 spiro atoms. The predicted molar refractivity (Wildman–Crippen MR) is 183 cm³/mol. The molecule has 0 radical (unpaired) electrons. The first-order valence-electron chi connectivity index (χ1n) is 15.4. The van der Waals surface area contributed by atoms with Crippen molar-refractivity contribution in [2.75, 3.05) is 23.9 Å². The Morgan fingerprint density at radius 1 is 1.02 bits per heavy atom. The van der Waals surface area contributed by atoms with Crippen LogP contribution in [0.15, 0.2) is 81.0 Å². The first-order chi connectivity index (χ1) is 22.7. The number of imide groups is 1. The maximum atomic E-state index is 14.1. The molecule has 47 heavy (non-hydrogen) atoms. The number of carbonyl (C=O) groups is 3. The zero-order chi connectivity index (χ0) is 32.6. The molecule has 2 aliphatic carbocycles. The normalized spacial score (nSPS) is 27.0. The second-order valence-electron chi connectivity index (χ2n) is 12.5. The second kappa shape index (κ2) is 11.7. The number of aromatic nitrogens is 1. The number of hydrogen-bond donors (Lipinski definition) is 2. The van der Waals surface area contributed by atoms with E-state index < -0.39 is 11.8 Å². The highest BCUT2D eigenvalue weighted by molar-refractivity contribution is 9.10. The number of thioether (sulfide) groups is 1. The zero-order valence-corrected chi connectivity index (χ0v) is 28.6. The first-order valence-corrected chi connectivity index (χ1v) is 17.9. The number of H-pyrrole nitrogens is 1. The third kappa shape index (κ3) is 4.95. The number of amides is 3. The molecule has 4 aliphatic rings. The number of aromatic amines is 1. The molecule has 3 aromatic carbocycles. The summed E-state index contributed by atoms with van der Waals surface area (Å²) in [6, 6.07) is 20.3. The van der Waals surface area contributed by atoms with E-state index in [0.717, 1.165) is 37.6 Å². The number of carbonyl (C=O) groups excluding carboxylic acids is 3. The number of ether oxygens (including phenoxy) is 2. The Balaban J connectivity index is 1.14. The van der Waals surface area contributed by atoms with E-state index in [9.17, 15) is 19.2 Å². The fourth-order valence-electron chi connectivity index (χ4n) is 8.29. The van der Waals surface area contributed by atoms with Crippen LogP contribution < -0.4 is 24.6 Å². The topological polar surface area (TPSA) is 118 Å². The number of anilines is 2. The number of halogens is 1. The van der Waals surface area contributed by atoms with Crippen LogP contribution in [0.5, 0.6) is 11.5 Å². The van der Waals surface area contributed by atoms with Crippen LogP contribution in [0.4, 0.5) is 11.4 Å². The van der Waals surface area contributed by atoms with E-state index in [1.165, 1.54) is 16.2 Å². The molecule has 7 atom stereocenters. The van der Waals surface area contributed by atoms with E-state index in [1.54, 1.807) is 43.1 Å². The van der Waals surface area contributed by atoms with Crippen molar-refractivity contribution in [3.05, 3.63) is 96.9 Å². The number of fused-ring (bicyclic) bond motifs is 9. The molecular formula is C35H30BrN3O6S2. The van der Waals surface area contributed by atoms with Gasteiger partial charge in [-0.1, -0.05) is 45.5 Å². The Morgan fingerprint density at radius 2 is 1.77 bits per heavy atom. The SMILES string of the molecule is COc1ccc(N2C(=O)C3C(C2=O)[C@@H]2C[C@H]3C3Sc4[nH]c(=O)sc4[C@H](c4cc(Br)ccc4OCC(=O)Nc4ccccc4C)C32)cc1. The summed E-state index contributed by atoms with van der Waals surface area (Å²) >= 11 is 6.46. The largest absolute Gasteiger partial charge is 0.497 e. The number of benzene rings is 3. The minimum Gasteiger partial charge on any atom is -0.497 e. The van der Waals surface area contributed by atoms with E-state index in [-0.39, 0.29) is 58.1 Å². The van der Waals surface area contributed by atoms with Crippen LogP contribution in [0.1, 0.15) is 28.3 Å². The Labute approximate surface area is 287 Å². The third-order valence-electron chi connectivity index (χ3n) is 10.1. The summed E-state index contributed by atoms with van der Waals surface area (Å²) in [7, 11) is 1.58. The van der Waals surface area contributed by atoms with Gasteiger partial charge in [-0.05, 0) is 85.2 Å². The van der Waals surface area contributed by atoms with Gasteiger partial charge in [0.2, 0.25) is 11.8 Å². The van der Waals surface area contributed by atoms with E-state index in [0.29, 0.717) is 17.2 Å². The Morgan fingerprint density at radius 3 is 2.51 bits per heavy atom. The first kappa shape index (κ1) is 30.5. The quantitative estimate of drug-likeness (QED) is 0.217. The molecule has 2 saturated carbocycles. The van der Waals surface area contributed by atoms with Gasteiger partial charge < -0.3 is 19.8 Å². The van der Waals surface area contributed by atoms with E-state index in [4.69, 9.17) is 9.47 Å². The van der Waals surface area contributed by atoms with Crippen LogP contribution in [-0.4, -0.2) is 41.7 Å². The minimum absolute atomic E-state index is 0.0183. The van der Waals surface area contributed by atoms with Crippen LogP contribution in [0.3, 0.4) is 0 Å². The van der Waals surface area contributed by atoms with Crippen molar-refractivity contribution in [3.8, 4) is 11.5 Å². The maximum Gasteiger partial charge on any atom is 0.305 e. The lowest BCUT2D eigenvalue weighted by molar-refractivity contribution is -0.123. The number of aryl methyl sites for hydroxylation is 1. The van der Waals surface area contributed by atoms with Gasteiger partial charge >= 0.3 is 4.87 Å². The molecule has 1 aromatic heterocycles. The number of methoxy groups -OCH3 is 1. The number of nitrogens with one attached hydrogen (secondary N) is 2. The van der Waals surface area contributed by atoms with Crippen LogP contribution in [-0.2, 0) is 14.4 Å². The Kier molecular flexibility index (Phi) is 7.57. The van der Waals surface area contributed by atoms with E-state index >= 15 is 0 Å². The van der Waals surface area contributed by atoms with Gasteiger partial charge in [-0.3, -0.25) is 24.1 Å². The summed E-state index contributed by atoms with van der Waals surface area (Å²) < 4.78 is 12.3. The number of rotatable bonds is 7. The van der Waals surface area contributed by atoms with E-state index in [2.05, 4.69) is 26.2 Å². The maximum absolute atomic E-state index is 14.1. The van der Waals surface area contributed by atoms with Crippen LogP contribution in [0.2, 0.25) is 0 Å². The molecule has 9 nitrogen and oxygen atoms in total. The molecule has 2 N–H and O–H groups in total. The molecule has 3 fully saturated rings. The number of thiazole rings is 1. The van der Waals surface area contributed by atoms with Crippen molar-refractivity contribution in [2.45, 2.75) is 29.5 Å². The predicted octanol–water partition coefficient (Wildman–Crippen LogP) is 6.21. The lowest BCUT2D eigenvalue weighted by Gasteiger charge is -2.43. The lowest BCUT2D eigenvalue weighted by Crippen LogP contribution is -2.42. The third-order valence-corrected chi connectivity index (χ3v) is 13.2. The number of hydrogen-bond acceptors (Lipinski definition) is 8. The molecule has 3 amide bonds. The zero-order valence-electron chi connectivity index (χ0n) is 25.4. The average Bonchev–Trinajstić information content (AvgIpc) is 3.80. The summed E-state index contributed by atoms with van der Waals surface area (Å²) in [5.74, 6) is -0.599. The second-order valence-corrected chi connectivity index (χ2v) is 15.6. The number of nitrogens with zero attached hydrogens (tertiary/aromatic N) is 1. The molecule has 4 unspecified atom stereocenters. The molecule has 4 aromatic rings. The van der Waals surface area contributed by atoms with Crippen LogP contribution in [0.25, 0.3) is 0 Å². The van der Waals surface area contributed by atoms with Crippen LogP contribution >= 0.6 is 39.0 Å². The average molecular weight is 733 g/mol. The summed E-state index contributed by atoms with van der Waals surface area (Å²) in [4.78, 5) is 59.0. The van der Waals surface area contributed by atoms with Gasteiger partial charge in [-0.2, -0.15) is 0 Å². The highest BCUT2D eigenvalue weighted by Gasteiger charge is 2.69. The molecule has 240 valence electrons. The summed E-state index contributed by atoms with van der Waals surface area (Å²) in [5.41, 5.74) is 3.08. The molecule has 12 heteroatoms. The van der Waals surface area contributed by atoms with Gasteiger partial charge in [0.05, 0.1) is 29.7 Å². The van der Waals surface area contributed by atoms with Crippen molar-refractivity contribution in [1.29, 1.82) is 0 Å². The van der Waals surface area contributed by atoms with Gasteiger partial charge in [-0.15, -0.1) is 11.8 Å². The van der Waals surface area contributed by atoms with Gasteiger partial charge in [0.15, 0.2) is 6.61 Å². The molecule has 1 saturated heterocycles. The summed E-state index contributed by atoms with van der Waals surface area (Å²) in [6.07, 6.45) is 0.768. The monoisotopic (exact) mass is 731 g/mol. The van der Waals surface area contributed by atoms with Gasteiger partial charge in [0.25, 0.3) is 5.91 Å². The van der Waals surface area contributed by atoms with Gasteiger partial charge in [0.1, 0.15) is 11.5 Å². The van der Waals surface area contributed by atoms with Crippen LogP contribution in [0, 0.1) is 36.5 Å². The molecule has 2 aliphatic heterocycles. The van der Waals surface area contributed by atoms with E-state index in [1.807, 2.05) is 49.4 Å².